The summed E-state index contributed by atoms with van der Waals surface area (Å²) in [5, 5.41) is 9.44. The molecule has 0 aromatic heterocycles. The number of carboxylic acid groups (broad SMARTS) is 1. The molecule has 0 bridgehead atoms. The van der Waals surface area contributed by atoms with Gasteiger partial charge in [0, 0.05) is 0 Å². The molecule has 0 saturated carbocycles. The van der Waals surface area contributed by atoms with Crippen LogP contribution in [0.15, 0.2) is 0 Å². The third-order valence-electron chi connectivity index (χ3n) is 3.45. The van der Waals surface area contributed by atoms with Crippen molar-refractivity contribution in [1.29, 1.82) is 0 Å². The summed E-state index contributed by atoms with van der Waals surface area (Å²) in [7, 11) is 0. The summed E-state index contributed by atoms with van der Waals surface area (Å²) in [5.74, 6) is -1.97. The highest BCUT2D eigenvalue weighted by atomic mass is 16.5. The van der Waals surface area contributed by atoms with E-state index in [0.717, 1.165) is 6.42 Å². The number of esters is 1. The Morgan fingerprint density at radius 1 is 0.950 bits per heavy atom. The van der Waals surface area contributed by atoms with E-state index < -0.39 is 17.8 Å². The standard InChI is InChI=1S/C16H30O4/c1-7-12(6)20-16(19)14(9-11(4)5)13(15(17)18)8-10(2)3/h10-14H,7-9H2,1-6H3,(H,17,18). The van der Waals surface area contributed by atoms with E-state index in [-0.39, 0.29) is 23.9 Å². The molecule has 118 valence electrons. The topological polar surface area (TPSA) is 63.6 Å². The zero-order chi connectivity index (χ0) is 15.9. The van der Waals surface area contributed by atoms with E-state index in [1.54, 1.807) is 0 Å². The normalized spacial score (nSPS) is 16.0. The first-order chi connectivity index (χ1) is 9.18. The molecule has 20 heavy (non-hydrogen) atoms. The number of rotatable bonds is 9. The minimum Gasteiger partial charge on any atom is -0.481 e. The molecule has 0 aromatic rings. The summed E-state index contributed by atoms with van der Waals surface area (Å²) in [5.41, 5.74) is 0. The number of carbonyl (C=O) groups is 2. The zero-order valence-corrected chi connectivity index (χ0v) is 13.7. The van der Waals surface area contributed by atoms with Gasteiger partial charge in [-0.25, -0.2) is 0 Å². The van der Waals surface area contributed by atoms with Crippen LogP contribution >= 0.6 is 0 Å². The maximum atomic E-state index is 12.3. The van der Waals surface area contributed by atoms with E-state index in [1.165, 1.54) is 0 Å². The van der Waals surface area contributed by atoms with Crippen molar-refractivity contribution in [3.05, 3.63) is 0 Å². The maximum Gasteiger partial charge on any atom is 0.310 e. The van der Waals surface area contributed by atoms with Crippen LogP contribution in [0.5, 0.6) is 0 Å². The summed E-state index contributed by atoms with van der Waals surface area (Å²) in [6.07, 6.45) is 1.63. The number of hydrogen-bond acceptors (Lipinski definition) is 3. The molecule has 0 aromatic carbocycles. The highest BCUT2D eigenvalue weighted by Gasteiger charge is 2.36. The van der Waals surface area contributed by atoms with Gasteiger partial charge in [-0.1, -0.05) is 34.6 Å². The number of aliphatic carboxylic acids is 1. The predicted molar refractivity (Wildman–Crippen MR) is 79.4 cm³/mol. The maximum absolute atomic E-state index is 12.3. The van der Waals surface area contributed by atoms with E-state index in [9.17, 15) is 14.7 Å². The van der Waals surface area contributed by atoms with E-state index in [2.05, 4.69) is 0 Å². The van der Waals surface area contributed by atoms with E-state index in [4.69, 9.17) is 4.74 Å². The van der Waals surface area contributed by atoms with E-state index in [1.807, 2.05) is 41.5 Å². The molecule has 0 saturated heterocycles. The summed E-state index contributed by atoms with van der Waals surface area (Å²) in [4.78, 5) is 23.8. The molecule has 0 spiro atoms. The minimum absolute atomic E-state index is 0.161. The van der Waals surface area contributed by atoms with Gasteiger partial charge in [-0.15, -0.1) is 0 Å². The lowest BCUT2D eigenvalue weighted by Crippen LogP contribution is -2.34. The summed E-state index contributed by atoms with van der Waals surface area (Å²) < 4.78 is 5.37. The third kappa shape index (κ3) is 6.92. The van der Waals surface area contributed by atoms with Crippen LogP contribution in [-0.4, -0.2) is 23.1 Å². The van der Waals surface area contributed by atoms with Crippen molar-refractivity contribution < 1.29 is 19.4 Å². The van der Waals surface area contributed by atoms with Gasteiger partial charge in [-0.3, -0.25) is 9.59 Å². The van der Waals surface area contributed by atoms with Crippen molar-refractivity contribution in [3.63, 3.8) is 0 Å². The first kappa shape index (κ1) is 18.9. The van der Waals surface area contributed by atoms with Gasteiger partial charge in [0.05, 0.1) is 17.9 Å². The molecular formula is C16H30O4. The molecule has 3 unspecified atom stereocenters. The SMILES string of the molecule is CCC(C)OC(=O)C(CC(C)C)C(CC(C)C)C(=O)O. The van der Waals surface area contributed by atoms with Gasteiger partial charge in [-0.05, 0) is 38.0 Å². The van der Waals surface area contributed by atoms with Crippen molar-refractivity contribution in [3.8, 4) is 0 Å². The molecule has 4 heteroatoms. The molecule has 0 fully saturated rings. The highest BCUT2D eigenvalue weighted by molar-refractivity contribution is 5.81. The van der Waals surface area contributed by atoms with Crippen LogP contribution in [0.2, 0.25) is 0 Å². The molecule has 0 amide bonds. The van der Waals surface area contributed by atoms with Crippen LogP contribution in [0.4, 0.5) is 0 Å². The monoisotopic (exact) mass is 286 g/mol. The summed E-state index contributed by atoms with van der Waals surface area (Å²) in [6, 6.07) is 0. The Balaban J connectivity index is 5.07. The highest BCUT2D eigenvalue weighted by Crippen LogP contribution is 2.28. The van der Waals surface area contributed by atoms with E-state index in [0.29, 0.717) is 12.8 Å². The van der Waals surface area contributed by atoms with Gasteiger partial charge in [0.2, 0.25) is 0 Å². The smallest absolute Gasteiger partial charge is 0.310 e. The first-order valence-corrected chi connectivity index (χ1v) is 7.62. The Bertz CT molecular complexity index is 310. The molecule has 0 heterocycles. The van der Waals surface area contributed by atoms with E-state index >= 15 is 0 Å². The van der Waals surface area contributed by atoms with Crippen LogP contribution in [0, 0.1) is 23.7 Å². The molecule has 3 atom stereocenters. The molecule has 0 rings (SSSR count). The van der Waals surface area contributed by atoms with Crippen molar-refractivity contribution in [2.75, 3.05) is 0 Å². The third-order valence-corrected chi connectivity index (χ3v) is 3.45. The zero-order valence-electron chi connectivity index (χ0n) is 13.7. The second-order valence-electron chi connectivity index (χ2n) is 6.47. The van der Waals surface area contributed by atoms with Gasteiger partial charge in [0.25, 0.3) is 0 Å². The lowest BCUT2D eigenvalue weighted by molar-refractivity contribution is -0.162. The molecule has 0 radical (unpaired) electrons. The Morgan fingerprint density at radius 2 is 1.40 bits per heavy atom. The average Bonchev–Trinajstić information content (AvgIpc) is 2.32. The molecule has 1 N–H and O–H groups in total. The fourth-order valence-electron chi connectivity index (χ4n) is 2.25. The van der Waals surface area contributed by atoms with Gasteiger partial charge in [0.15, 0.2) is 0 Å². The second kappa shape index (κ2) is 8.98. The van der Waals surface area contributed by atoms with Gasteiger partial charge in [-0.2, -0.15) is 0 Å². The van der Waals surface area contributed by atoms with Gasteiger partial charge >= 0.3 is 11.9 Å². The van der Waals surface area contributed by atoms with Crippen LogP contribution in [0.3, 0.4) is 0 Å². The number of carboxylic acids is 1. The summed E-state index contributed by atoms with van der Waals surface area (Å²) in [6.45, 7) is 11.7. The number of carbonyl (C=O) groups excluding carboxylic acids is 1. The van der Waals surface area contributed by atoms with Crippen molar-refractivity contribution in [1.82, 2.24) is 0 Å². The average molecular weight is 286 g/mol. The van der Waals surface area contributed by atoms with Gasteiger partial charge < -0.3 is 9.84 Å². The van der Waals surface area contributed by atoms with Gasteiger partial charge in [0.1, 0.15) is 0 Å². The van der Waals surface area contributed by atoms with Crippen molar-refractivity contribution >= 4 is 11.9 Å². The minimum atomic E-state index is -0.898. The first-order valence-electron chi connectivity index (χ1n) is 7.62. The second-order valence-corrected chi connectivity index (χ2v) is 6.47. The Kier molecular flexibility index (Phi) is 8.51. The van der Waals surface area contributed by atoms with Crippen LogP contribution in [-0.2, 0) is 14.3 Å². The number of ether oxygens (including phenoxy) is 1. The van der Waals surface area contributed by atoms with Crippen molar-refractivity contribution in [2.24, 2.45) is 23.7 Å². The van der Waals surface area contributed by atoms with Crippen molar-refractivity contribution in [2.45, 2.75) is 66.9 Å². The van der Waals surface area contributed by atoms with Crippen LogP contribution < -0.4 is 0 Å². The molecule has 0 aliphatic rings. The summed E-state index contributed by atoms with van der Waals surface area (Å²) >= 11 is 0. The predicted octanol–water partition coefficient (Wildman–Crippen LogP) is 3.74. The molecule has 4 nitrogen and oxygen atoms in total. The molecular weight excluding hydrogens is 256 g/mol. The Labute approximate surface area is 122 Å². The lowest BCUT2D eigenvalue weighted by atomic mass is 9.80. The largest absolute Gasteiger partial charge is 0.481 e. The fraction of sp³-hybridized carbons (Fsp3) is 0.875. The Morgan fingerprint density at radius 3 is 1.75 bits per heavy atom. The van der Waals surface area contributed by atoms with Crippen LogP contribution in [0.1, 0.15) is 60.8 Å². The molecule has 0 aliphatic carbocycles. The molecule has 0 aliphatic heterocycles. The lowest BCUT2D eigenvalue weighted by Gasteiger charge is -2.26. The quantitative estimate of drug-likeness (QED) is 0.656. The fourth-order valence-corrected chi connectivity index (χ4v) is 2.25. The Hall–Kier alpha value is -1.06. The number of hydrogen-bond donors (Lipinski definition) is 1. The van der Waals surface area contributed by atoms with Crippen LogP contribution in [0.25, 0.3) is 0 Å².